The van der Waals surface area contributed by atoms with Crippen molar-refractivity contribution >= 4 is 38.5 Å². The SMILES string of the molecule is O=C(Nc1ccccc1CBr)c1cc2ccccc2o1. The molecule has 20 heavy (non-hydrogen) atoms. The molecule has 0 aliphatic rings. The van der Waals surface area contributed by atoms with E-state index in [9.17, 15) is 4.79 Å². The third kappa shape index (κ3) is 2.47. The normalized spacial score (nSPS) is 10.7. The van der Waals surface area contributed by atoms with Gasteiger partial charge in [0, 0.05) is 16.4 Å². The molecule has 0 radical (unpaired) electrons. The summed E-state index contributed by atoms with van der Waals surface area (Å²) in [5.41, 5.74) is 2.53. The molecule has 0 fully saturated rings. The van der Waals surface area contributed by atoms with Crippen LogP contribution in [0.2, 0.25) is 0 Å². The topological polar surface area (TPSA) is 42.2 Å². The largest absolute Gasteiger partial charge is 0.451 e. The number of benzene rings is 2. The maximum atomic E-state index is 12.2. The monoisotopic (exact) mass is 329 g/mol. The van der Waals surface area contributed by atoms with Crippen LogP contribution < -0.4 is 5.32 Å². The Labute approximate surface area is 124 Å². The number of halogens is 1. The van der Waals surface area contributed by atoms with Crippen molar-refractivity contribution in [3.05, 3.63) is 65.9 Å². The van der Waals surface area contributed by atoms with Crippen molar-refractivity contribution in [3.63, 3.8) is 0 Å². The summed E-state index contributed by atoms with van der Waals surface area (Å²) in [6, 6.07) is 17.0. The van der Waals surface area contributed by atoms with Crippen LogP contribution in [0, 0.1) is 0 Å². The Kier molecular flexibility index (Phi) is 3.56. The fourth-order valence-corrected chi connectivity index (χ4v) is 2.53. The summed E-state index contributed by atoms with van der Waals surface area (Å²) < 4.78 is 5.55. The van der Waals surface area contributed by atoms with Crippen LogP contribution in [0.5, 0.6) is 0 Å². The van der Waals surface area contributed by atoms with Crippen molar-refractivity contribution in [2.24, 2.45) is 0 Å². The summed E-state index contributed by atoms with van der Waals surface area (Å²) >= 11 is 3.41. The van der Waals surface area contributed by atoms with Gasteiger partial charge >= 0.3 is 0 Å². The van der Waals surface area contributed by atoms with E-state index in [1.54, 1.807) is 6.07 Å². The van der Waals surface area contributed by atoms with E-state index in [1.165, 1.54) is 0 Å². The molecule has 3 nitrogen and oxygen atoms in total. The van der Waals surface area contributed by atoms with Gasteiger partial charge in [-0.3, -0.25) is 4.79 Å². The van der Waals surface area contributed by atoms with Crippen molar-refractivity contribution in [3.8, 4) is 0 Å². The van der Waals surface area contributed by atoms with E-state index in [1.807, 2.05) is 48.5 Å². The molecule has 1 amide bonds. The van der Waals surface area contributed by atoms with Gasteiger partial charge in [0.25, 0.3) is 5.91 Å². The fraction of sp³-hybridized carbons (Fsp3) is 0.0625. The molecule has 4 heteroatoms. The highest BCUT2D eigenvalue weighted by Crippen LogP contribution is 2.22. The molecule has 3 aromatic rings. The van der Waals surface area contributed by atoms with Crippen molar-refractivity contribution < 1.29 is 9.21 Å². The molecule has 1 aromatic heterocycles. The molecule has 100 valence electrons. The number of nitrogens with one attached hydrogen (secondary N) is 1. The quantitative estimate of drug-likeness (QED) is 0.714. The number of anilines is 1. The molecule has 0 aliphatic carbocycles. The average Bonchev–Trinajstić information content (AvgIpc) is 2.92. The number of hydrogen-bond acceptors (Lipinski definition) is 2. The van der Waals surface area contributed by atoms with Crippen molar-refractivity contribution in [1.82, 2.24) is 0 Å². The number of rotatable bonds is 3. The van der Waals surface area contributed by atoms with Gasteiger partial charge in [-0.2, -0.15) is 0 Å². The van der Waals surface area contributed by atoms with Crippen LogP contribution in [0.1, 0.15) is 16.1 Å². The zero-order chi connectivity index (χ0) is 13.9. The summed E-state index contributed by atoms with van der Waals surface area (Å²) in [6.45, 7) is 0. The van der Waals surface area contributed by atoms with Gasteiger partial charge in [0.1, 0.15) is 5.58 Å². The van der Waals surface area contributed by atoms with Gasteiger partial charge in [0.05, 0.1) is 0 Å². The van der Waals surface area contributed by atoms with E-state index in [0.717, 1.165) is 16.6 Å². The second-order valence-corrected chi connectivity index (χ2v) is 4.95. The Morgan fingerprint density at radius 3 is 2.65 bits per heavy atom. The lowest BCUT2D eigenvalue weighted by atomic mass is 10.2. The molecule has 0 saturated heterocycles. The number of hydrogen-bond donors (Lipinski definition) is 1. The number of fused-ring (bicyclic) bond motifs is 1. The van der Waals surface area contributed by atoms with Gasteiger partial charge in [0.15, 0.2) is 5.76 Å². The predicted octanol–water partition coefficient (Wildman–Crippen LogP) is 4.58. The highest BCUT2D eigenvalue weighted by atomic mass is 79.9. The van der Waals surface area contributed by atoms with Crippen LogP contribution in [-0.2, 0) is 5.33 Å². The van der Waals surface area contributed by atoms with Crippen LogP contribution in [0.25, 0.3) is 11.0 Å². The van der Waals surface area contributed by atoms with Gasteiger partial charge in [-0.05, 0) is 23.8 Å². The molecular formula is C16H12BrNO2. The first-order valence-corrected chi connectivity index (χ1v) is 7.34. The molecule has 0 bridgehead atoms. The average molecular weight is 330 g/mol. The van der Waals surface area contributed by atoms with Gasteiger partial charge in [-0.15, -0.1) is 0 Å². The third-order valence-corrected chi connectivity index (χ3v) is 3.66. The predicted molar refractivity (Wildman–Crippen MR) is 83.2 cm³/mol. The van der Waals surface area contributed by atoms with E-state index < -0.39 is 0 Å². The highest BCUT2D eigenvalue weighted by Gasteiger charge is 2.13. The Morgan fingerprint density at radius 2 is 1.85 bits per heavy atom. The summed E-state index contributed by atoms with van der Waals surface area (Å²) in [6.07, 6.45) is 0. The lowest BCUT2D eigenvalue weighted by Gasteiger charge is -2.07. The van der Waals surface area contributed by atoms with E-state index in [0.29, 0.717) is 16.7 Å². The first-order chi connectivity index (χ1) is 9.78. The van der Waals surface area contributed by atoms with Crippen LogP contribution in [0.4, 0.5) is 5.69 Å². The molecule has 0 spiro atoms. The highest BCUT2D eigenvalue weighted by molar-refractivity contribution is 9.08. The second kappa shape index (κ2) is 5.51. The zero-order valence-electron chi connectivity index (χ0n) is 10.6. The molecule has 1 heterocycles. The summed E-state index contributed by atoms with van der Waals surface area (Å²) in [4.78, 5) is 12.2. The second-order valence-electron chi connectivity index (χ2n) is 4.39. The molecule has 3 rings (SSSR count). The van der Waals surface area contributed by atoms with Gasteiger partial charge in [-0.25, -0.2) is 0 Å². The number of alkyl halides is 1. The van der Waals surface area contributed by atoms with Crippen LogP contribution in [0.3, 0.4) is 0 Å². The Hall–Kier alpha value is -2.07. The van der Waals surface area contributed by atoms with Crippen LogP contribution in [0.15, 0.2) is 59.0 Å². The maximum absolute atomic E-state index is 12.2. The third-order valence-electron chi connectivity index (χ3n) is 3.06. The number of furan rings is 1. The first kappa shape index (κ1) is 12.9. The summed E-state index contributed by atoms with van der Waals surface area (Å²) in [7, 11) is 0. The molecular weight excluding hydrogens is 318 g/mol. The number of carbonyl (C=O) groups is 1. The zero-order valence-corrected chi connectivity index (χ0v) is 12.2. The lowest BCUT2D eigenvalue weighted by Crippen LogP contribution is -2.12. The summed E-state index contributed by atoms with van der Waals surface area (Å²) in [5, 5.41) is 4.48. The Balaban J connectivity index is 1.89. The molecule has 0 saturated carbocycles. The van der Waals surface area contributed by atoms with E-state index in [4.69, 9.17) is 4.42 Å². The van der Waals surface area contributed by atoms with E-state index in [2.05, 4.69) is 21.2 Å². The van der Waals surface area contributed by atoms with Gasteiger partial charge < -0.3 is 9.73 Å². The molecule has 1 N–H and O–H groups in total. The van der Waals surface area contributed by atoms with Crippen molar-refractivity contribution in [2.45, 2.75) is 5.33 Å². The van der Waals surface area contributed by atoms with E-state index >= 15 is 0 Å². The number of para-hydroxylation sites is 2. The molecule has 0 atom stereocenters. The molecule has 2 aromatic carbocycles. The number of amides is 1. The minimum atomic E-state index is -0.241. The first-order valence-electron chi connectivity index (χ1n) is 6.22. The van der Waals surface area contributed by atoms with Crippen LogP contribution >= 0.6 is 15.9 Å². The van der Waals surface area contributed by atoms with Gasteiger partial charge in [-0.1, -0.05) is 52.3 Å². The molecule has 0 aliphatic heterocycles. The number of carbonyl (C=O) groups excluding carboxylic acids is 1. The Morgan fingerprint density at radius 1 is 1.10 bits per heavy atom. The smallest absolute Gasteiger partial charge is 0.291 e. The standard InChI is InChI=1S/C16H12BrNO2/c17-10-12-6-1-3-7-13(12)18-16(19)15-9-11-5-2-4-8-14(11)20-15/h1-9H,10H2,(H,18,19). The molecule has 0 unspecified atom stereocenters. The van der Waals surface area contributed by atoms with Crippen LogP contribution in [-0.4, -0.2) is 5.91 Å². The van der Waals surface area contributed by atoms with Crippen molar-refractivity contribution in [1.29, 1.82) is 0 Å². The van der Waals surface area contributed by atoms with Gasteiger partial charge in [0.2, 0.25) is 0 Å². The lowest BCUT2D eigenvalue weighted by molar-refractivity contribution is 0.0998. The minimum absolute atomic E-state index is 0.241. The van der Waals surface area contributed by atoms with Crippen molar-refractivity contribution in [2.75, 3.05) is 5.32 Å². The Bertz CT molecular complexity index is 731. The minimum Gasteiger partial charge on any atom is -0.451 e. The fourth-order valence-electron chi connectivity index (χ4n) is 2.04. The summed E-state index contributed by atoms with van der Waals surface area (Å²) in [5.74, 6) is 0.0742. The maximum Gasteiger partial charge on any atom is 0.291 e. The van der Waals surface area contributed by atoms with E-state index in [-0.39, 0.29) is 5.91 Å².